The number of nitrogens with one attached hydrogen (secondary N) is 2. The summed E-state index contributed by atoms with van der Waals surface area (Å²) in [7, 11) is 0. The van der Waals surface area contributed by atoms with E-state index in [1.54, 1.807) is 12.1 Å². The molecular formula is C24H19ClF5N3O2. The van der Waals surface area contributed by atoms with Crippen molar-refractivity contribution >= 4 is 23.2 Å². The smallest absolute Gasteiger partial charge is 0.425 e. The minimum atomic E-state index is -4.76. The molecule has 1 amide bonds. The lowest BCUT2D eigenvalue weighted by molar-refractivity contribution is -0.189. The Hall–Kier alpha value is -3.24. The molecule has 1 aliphatic heterocycles. The van der Waals surface area contributed by atoms with Gasteiger partial charge in [0.1, 0.15) is 17.4 Å². The van der Waals surface area contributed by atoms with Gasteiger partial charge in [-0.15, -0.1) is 0 Å². The first-order valence-corrected chi connectivity index (χ1v) is 10.9. The third-order valence-corrected chi connectivity index (χ3v) is 5.79. The van der Waals surface area contributed by atoms with Crippen LogP contribution in [0.4, 0.5) is 27.6 Å². The molecule has 5 nitrogen and oxygen atoms in total. The van der Waals surface area contributed by atoms with E-state index in [1.165, 1.54) is 12.1 Å². The van der Waals surface area contributed by atoms with Crippen molar-refractivity contribution < 1.29 is 31.5 Å². The molecule has 11 heteroatoms. The monoisotopic (exact) mass is 511 g/mol. The van der Waals surface area contributed by atoms with Crippen molar-refractivity contribution in [3.05, 3.63) is 75.9 Å². The van der Waals surface area contributed by atoms with Gasteiger partial charge in [-0.05, 0) is 42.8 Å². The lowest BCUT2D eigenvalue weighted by Gasteiger charge is -2.21. The summed E-state index contributed by atoms with van der Waals surface area (Å²) in [5, 5.41) is 5.22. The van der Waals surface area contributed by atoms with E-state index in [1.807, 2.05) is 0 Å². The van der Waals surface area contributed by atoms with Crippen LogP contribution in [0.25, 0.3) is 11.3 Å². The molecule has 2 N–H and O–H groups in total. The Bertz CT molecular complexity index is 1260. The number of anilines is 1. The van der Waals surface area contributed by atoms with Gasteiger partial charge < -0.3 is 15.4 Å². The molecule has 184 valence electrons. The van der Waals surface area contributed by atoms with E-state index in [9.17, 15) is 22.4 Å². The maximum absolute atomic E-state index is 15.2. The van der Waals surface area contributed by atoms with E-state index >= 15 is 4.39 Å². The summed E-state index contributed by atoms with van der Waals surface area (Å²) in [6.07, 6.45) is -6.47. The van der Waals surface area contributed by atoms with Gasteiger partial charge in [0.25, 0.3) is 5.91 Å². The highest BCUT2D eigenvalue weighted by Crippen LogP contribution is 2.34. The molecule has 1 aliphatic rings. The molecular weight excluding hydrogens is 493 g/mol. The molecule has 0 radical (unpaired) electrons. The predicted molar refractivity (Wildman–Crippen MR) is 121 cm³/mol. The summed E-state index contributed by atoms with van der Waals surface area (Å²) in [5.74, 6) is -3.43. The fourth-order valence-corrected chi connectivity index (χ4v) is 3.78. The topological polar surface area (TPSA) is 63.2 Å². The van der Waals surface area contributed by atoms with E-state index in [-0.39, 0.29) is 16.3 Å². The number of pyridine rings is 1. The Balaban J connectivity index is 1.77. The van der Waals surface area contributed by atoms with E-state index in [2.05, 4.69) is 15.6 Å². The van der Waals surface area contributed by atoms with Crippen LogP contribution in [0.1, 0.15) is 28.5 Å². The van der Waals surface area contributed by atoms with Crippen molar-refractivity contribution in [1.29, 1.82) is 0 Å². The van der Waals surface area contributed by atoms with Crippen LogP contribution in [-0.2, 0) is 13.0 Å². The molecule has 0 saturated heterocycles. The number of nitrogens with zero attached hydrogens (tertiary/aromatic N) is 1. The highest BCUT2D eigenvalue weighted by Gasteiger charge is 2.39. The van der Waals surface area contributed by atoms with Gasteiger partial charge in [-0.25, -0.2) is 8.78 Å². The molecule has 4 rings (SSSR count). The van der Waals surface area contributed by atoms with Gasteiger partial charge in [0.05, 0.1) is 22.0 Å². The summed E-state index contributed by atoms with van der Waals surface area (Å²) in [4.78, 5) is 17.3. The van der Waals surface area contributed by atoms with Gasteiger partial charge in [0.2, 0.25) is 0 Å². The number of hydrogen-bond donors (Lipinski definition) is 2. The number of rotatable bonds is 5. The molecule has 35 heavy (non-hydrogen) atoms. The van der Waals surface area contributed by atoms with Crippen molar-refractivity contribution in [1.82, 2.24) is 10.3 Å². The second-order valence-corrected chi connectivity index (χ2v) is 8.32. The second-order valence-electron chi connectivity index (χ2n) is 7.91. The SMILES string of the molecule is CC(Oc1cc(-c2ccc3c(n2)CCNC3)c(F)cc1C(=O)Nc1c(F)cccc1Cl)C(F)(F)F. The van der Waals surface area contributed by atoms with E-state index in [4.69, 9.17) is 16.3 Å². The molecule has 2 aromatic carbocycles. The van der Waals surface area contributed by atoms with Gasteiger partial charge >= 0.3 is 6.18 Å². The zero-order chi connectivity index (χ0) is 25.3. The zero-order valence-corrected chi connectivity index (χ0v) is 19.0. The molecule has 2 heterocycles. The minimum absolute atomic E-state index is 0.142. The maximum atomic E-state index is 15.2. The van der Waals surface area contributed by atoms with Gasteiger partial charge in [0, 0.05) is 30.8 Å². The molecule has 0 aliphatic carbocycles. The van der Waals surface area contributed by atoms with Gasteiger partial charge in [-0.3, -0.25) is 9.78 Å². The van der Waals surface area contributed by atoms with Crippen LogP contribution in [0.3, 0.4) is 0 Å². The van der Waals surface area contributed by atoms with Gasteiger partial charge in [-0.1, -0.05) is 23.7 Å². The number of carbonyl (C=O) groups is 1. The van der Waals surface area contributed by atoms with Crippen molar-refractivity contribution in [3.63, 3.8) is 0 Å². The number of hydrogen-bond acceptors (Lipinski definition) is 4. The highest BCUT2D eigenvalue weighted by molar-refractivity contribution is 6.34. The third-order valence-electron chi connectivity index (χ3n) is 5.48. The number of halogens is 6. The van der Waals surface area contributed by atoms with Crippen molar-refractivity contribution in [2.24, 2.45) is 0 Å². The Labute approximate surface area is 202 Å². The van der Waals surface area contributed by atoms with Crippen LogP contribution in [0.5, 0.6) is 5.75 Å². The largest absolute Gasteiger partial charge is 0.480 e. The van der Waals surface area contributed by atoms with Crippen LogP contribution < -0.4 is 15.4 Å². The summed E-state index contributed by atoms with van der Waals surface area (Å²) >= 11 is 5.92. The fourth-order valence-electron chi connectivity index (χ4n) is 3.57. The number of alkyl halides is 3. The first-order chi connectivity index (χ1) is 16.5. The van der Waals surface area contributed by atoms with Crippen LogP contribution in [0, 0.1) is 11.6 Å². The Kier molecular flexibility index (Phi) is 6.95. The molecule has 1 atom stereocenters. The lowest BCUT2D eigenvalue weighted by Crippen LogP contribution is -2.32. The van der Waals surface area contributed by atoms with Crippen LogP contribution in [-0.4, -0.2) is 29.7 Å². The number of carbonyl (C=O) groups excluding carboxylic acids is 1. The molecule has 0 spiro atoms. The molecule has 0 bridgehead atoms. The predicted octanol–water partition coefficient (Wildman–Crippen LogP) is 5.91. The molecule has 1 aromatic heterocycles. The first-order valence-electron chi connectivity index (χ1n) is 10.6. The van der Waals surface area contributed by atoms with Crippen molar-refractivity contribution in [3.8, 4) is 17.0 Å². The number of ether oxygens (including phenoxy) is 1. The average molecular weight is 512 g/mol. The summed E-state index contributed by atoms with van der Waals surface area (Å²) in [6.45, 7) is 2.03. The second kappa shape index (κ2) is 9.79. The lowest BCUT2D eigenvalue weighted by atomic mass is 10.0. The van der Waals surface area contributed by atoms with Crippen molar-refractivity contribution in [2.45, 2.75) is 32.2 Å². The average Bonchev–Trinajstić information content (AvgIpc) is 2.81. The quantitative estimate of drug-likeness (QED) is 0.418. The summed E-state index contributed by atoms with van der Waals surface area (Å²) < 4.78 is 74.0. The first kappa shape index (κ1) is 24.9. The molecule has 0 fully saturated rings. The molecule has 3 aromatic rings. The normalized spacial score (nSPS) is 14.3. The Morgan fingerprint density at radius 2 is 1.94 bits per heavy atom. The minimum Gasteiger partial charge on any atom is -0.480 e. The van der Waals surface area contributed by atoms with Gasteiger partial charge in [-0.2, -0.15) is 13.2 Å². The van der Waals surface area contributed by atoms with Crippen LogP contribution in [0.2, 0.25) is 5.02 Å². The highest BCUT2D eigenvalue weighted by atomic mass is 35.5. The molecule has 0 saturated carbocycles. The van der Waals surface area contributed by atoms with Crippen molar-refractivity contribution in [2.75, 3.05) is 11.9 Å². The Morgan fingerprint density at radius 1 is 1.17 bits per heavy atom. The van der Waals surface area contributed by atoms with Crippen LogP contribution >= 0.6 is 11.6 Å². The number of benzene rings is 2. The van der Waals surface area contributed by atoms with E-state index in [0.717, 1.165) is 36.4 Å². The number of fused-ring (bicyclic) bond motifs is 1. The van der Waals surface area contributed by atoms with Gasteiger partial charge in [0.15, 0.2) is 6.10 Å². The zero-order valence-electron chi connectivity index (χ0n) is 18.3. The third kappa shape index (κ3) is 5.38. The van der Waals surface area contributed by atoms with E-state index in [0.29, 0.717) is 19.5 Å². The number of amides is 1. The summed E-state index contributed by atoms with van der Waals surface area (Å²) in [6, 6.07) is 8.67. The van der Waals surface area contributed by atoms with Crippen LogP contribution in [0.15, 0.2) is 42.5 Å². The standard InChI is InChI=1S/C24H19ClF5N3O2/c1-12(24(28,29)30)35-21-10-14(20-6-5-13-11-31-8-7-19(13)32-20)18(27)9-15(21)23(34)33-22-16(25)3-2-4-17(22)26/h2-6,9-10,12,31H,7-8,11H2,1H3,(H,33,34). The molecule has 1 unspecified atom stereocenters. The fraction of sp³-hybridized carbons (Fsp3) is 0.250. The van der Waals surface area contributed by atoms with E-state index < -0.39 is 46.8 Å². The summed E-state index contributed by atoms with van der Waals surface area (Å²) in [5.41, 5.74) is 0.739. The Morgan fingerprint density at radius 3 is 2.66 bits per heavy atom. The number of aromatic nitrogens is 1. The maximum Gasteiger partial charge on any atom is 0.425 e. The number of para-hydroxylation sites is 1.